The molecule has 0 fully saturated rings. The third-order valence-corrected chi connectivity index (χ3v) is 3.94. The van der Waals surface area contributed by atoms with Crippen LogP contribution in [0, 0.1) is 0 Å². The van der Waals surface area contributed by atoms with E-state index in [4.69, 9.17) is 4.74 Å². The Balaban J connectivity index is 1.92. The molecule has 2 aromatic carbocycles. The lowest BCUT2D eigenvalue weighted by Crippen LogP contribution is -2.29. The van der Waals surface area contributed by atoms with Gasteiger partial charge >= 0.3 is 12.1 Å². The molecule has 2 amide bonds. The molecule has 2 N–H and O–H groups in total. The highest BCUT2D eigenvalue weighted by Crippen LogP contribution is 2.19. The molecule has 0 aliphatic carbocycles. The predicted molar refractivity (Wildman–Crippen MR) is 103 cm³/mol. The maximum atomic E-state index is 12.3. The molecular formula is C20H20F3N3O3. The van der Waals surface area contributed by atoms with Gasteiger partial charge in [0.05, 0.1) is 12.8 Å². The second kappa shape index (κ2) is 9.72. The van der Waals surface area contributed by atoms with Crippen LogP contribution in [0.2, 0.25) is 0 Å². The van der Waals surface area contributed by atoms with Gasteiger partial charge in [-0.25, -0.2) is 5.43 Å². The molecule has 0 unspecified atom stereocenters. The number of amides is 2. The number of hydrazone groups is 1. The largest absolute Gasteiger partial charge is 0.497 e. The number of hydrogen-bond donors (Lipinski definition) is 2. The fraction of sp³-hybridized carbons (Fsp3) is 0.250. The minimum Gasteiger partial charge on any atom is -0.497 e. The fourth-order valence-electron chi connectivity index (χ4n) is 2.34. The van der Waals surface area contributed by atoms with Gasteiger partial charge in [0.1, 0.15) is 5.75 Å². The van der Waals surface area contributed by atoms with Crippen LogP contribution in [0.4, 0.5) is 18.9 Å². The average Bonchev–Trinajstić information content (AvgIpc) is 2.70. The van der Waals surface area contributed by atoms with Gasteiger partial charge in [0, 0.05) is 12.1 Å². The molecule has 29 heavy (non-hydrogen) atoms. The molecule has 0 bridgehead atoms. The van der Waals surface area contributed by atoms with Crippen molar-refractivity contribution >= 4 is 23.2 Å². The Kier molecular flexibility index (Phi) is 7.35. The van der Waals surface area contributed by atoms with Crippen LogP contribution in [0.3, 0.4) is 0 Å². The molecule has 0 spiro atoms. The van der Waals surface area contributed by atoms with Crippen LogP contribution in [0.25, 0.3) is 0 Å². The Morgan fingerprint density at radius 3 is 2.41 bits per heavy atom. The first-order valence-electron chi connectivity index (χ1n) is 8.63. The number of nitrogens with zero attached hydrogens (tertiary/aromatic N) is 1. The topological polar surface area (TPSA) is 79.8 Å². The van der Waals surface area contributed by atoms with Crippen molar-refractivity contribution in [2.24, 2.45) is 5.10 Å². The Morgan fingerprint density at radius 2 is 1.79 bits per heavy atom. The van der Waals surface area contributed by atoms with Crippen molar-refractivity contribution in [1.29, 1.82) is 0 Å². The standard InChI is InChI=1S/C20H20F3N3O3/c1-13(15-4-3-5-16(12-15)24-19(28)20(21,22)23)25-26-18(27)11-8-14-6-9-17(29-2)10-7-14/h3-7,9-10,12H,8,11H2,1-2H3,(H,24,28)(H,26,27)/b25-13-. The highest BCUT2D eigenvalue weighted by Gasteiger charge is 2.38. The molecule has 0 aromatic heterocycles. The Hall–Kier alpha value is -3.36. The number of nitrogens with one attached hydrogen (secondary N) is 2. The van der Waals surface area contributed by atoms with Crippen LogP contribution < -0.4 is 15.5 Å². The van der Waals surface area contributed by atoms with Crippen LogP contribution in [0.5, 0.6) is 5.75 Å². The normalized spacial score (nSPS) is 11.7. The molecule has 154 valence electrons. The van der Waals surface area contributed by atoms with Crippen molar-refractivity contribution in [3.8, 4) is 5.75 Å². The number of methoxy groups -OCH3 is 1. The van der Waals surface area contributed by atoms with Crippen molar-refractivity contribution in [3.05, 3.63) is 59.7 Å². The van der Waals surface area contributed by atoms with E-state index in [1.165, 1.54) is 18.2 Å². The summed E-state index contributed by atoms with van der Waals surface area (Å²) in [6.07, 6.45) is -4.24. The molecule has 0 atom stereocenters. The molecule has 2 rings (SSSR count). The maximum absolute atomic E-state index is 12.3. The predicted octanol–water partition coefficient (Wildman–Crippen LogP) is 3.67. The van der Waals surface area contributed by atoms with E-state index in [-0.39, 0.29) is 18.0 Å². The van der Waals surface area contributed by atoms with Gasteiger partial charge < -0.3 is 10.1 Å². The number of aryl methyl sites for hydroxylation is 1. The molecule has 0 aliphatic heterocycles. The van der Waals surface area contributed by atoms with Gasteiger partial charge in [0.15, 0.2) is 0 Å². The van der Waals surface area contributed by atoms with E-state index in [9.17, 15) is 22.8 Å². The number of carbonyl (C=O) groups is 2. The van der Waals surface area contributed by atoms with Crippen molar-refractivity contribution in [2.75, 3.05) is 12.4 Å². The van der Waals surface area contributed by atoms with Crippen LogP contribution >= 0.6 is 0 Å². The highest BCUT2D eigenvalue weighted by molar-refractivity contribution is 6.01. The van der Waals surface area contributed by atoms with Gasteiger partial charge in [-0.2, -0.15) is 18.3 Å². The lowest BCUT2D eigenvalue weighted by Gasteiger charge is -2.09. The summed E-state index contributed by atoms with van der Waals surface area (Å²) in [5.74, 6) is -1.63. The Bertz CT molecular complexity index is 894. The quantitative estimate of drug-likeness (QED) is 0.543. The summed E-state index contributed by atoms with van der Waals surface area (Å²) in [7, 11) is 1.57. The summed E-state index contributed by atoms with van der Waals surface area (Å²) in [6, 6.07) is 13.1. The Labute approximate surface area is 165 Å². The number of anilines is 1. The van der Waals surface area contributed by atoms with Gasteiger partial charge in [0.25, 0.3) is 0 Å². The number of benzene rings is 2. The van der Waals surface area contributed by atoms with E-state index in [0.29, 0.717) is 17.7 Å². The second-order valence-corrected chi connectivity index (χ2v) is 6.11. The third kappa shape index (κ3) is 6.95. The summed E-state index contributed by atoms with van der Waals surface area (Å²) in [4.78, 5) is 23.0. The van der Waals surface area contributed by atoms with E-state index in [2.05, 4.69) is 10.5 Å². The third-order valence-electron chi connectivity index (χ3n) is 3.94. The SMILES string of the molecule is COc1ccc(CCC(=O)N/N=C(/C)c2cccc(NC(=O)C(F)(F)F)c2)cc1. The first-order valence-corrected chi connectivity index (χ1v) is 8.63. The smallest absolute Gasteiger partial charge is 0.471 e. The zero-order chi connectivity index (χ0) is 21.4. The highest BCUT2D eigenvalue weighted by atomic mass is 19.4. The monoisotopic (exact) mass is 407 g/mol. The molecular weight excluding hydrogens is 387 g/mol. The summed E-state index contributed by atoms with van der Waals surface area (Å²) in [5.41, 5.74) is 4.20. The number of ether oxygens (including phenoxy) is 1. The molecule has 0 saturated heterocycles. The lowest BCUT2D eigenvalue weighted by atomic mass is 10.1. The maximum Gasteiger partial charge on any atom is 0.471 e. The number of alkyl halides is 3. The molecule has 0 aliphatic rings. The second-order valence-electron chi connectivity index (χ2n) is 6.11. The molecule has 6 nitrogen and oxygen atoms in total. The van der Waals surface area contributed by atoms with Gasteiger partial charge in [-0.1, -0.05) is 24.3 Å². The molecule has 2 aromatic rings. The first kappa shape index (κ1) is 21.9. The number of hydrogen-bond acceptors (Lipinski definition) is 4. The summed E-state index contributed by atoms with van der Waals surface area (Å²) < 4.78 is 42.1. The number of halogens is 3. The molecule has 9 heteroatoms. The van der Waals surface area contributed by atoms with E-state index in [1.54, 1.807) is 37.5 Å². The number of carbonyl (C=O) groups excluding carboxylic acids is 2. The van der Waals surface area contributed by atoms with Gasteiger partial charge in [-0.15, -0.1) is 0 Å². The number of rotatable bonds is 7. The zero-order valence-corrected chi connectivity index (χ0v) is 15.8. The van der Waals surface area contributed by atoms with Gasteiger partial charge in [0.2, 0.25) is 5.91 Å². The molecule has 0 heterocycles. The van der Waals surface area contributed by atoms with E-state index in [0.717, 1.165) is 11.3 Å². The van der Waals surface area contributed by atoms with Gasteiger partial charge in [-0.05, 0) is 48.7 Å². The van der Waals surface area contributed by atoms with Crippen molar-refractivity contribution < 1.29 is 27.5 Å². The van der Waals surface area contributed by atoms with Crippen molar-refractivity contribution in [3.63, 3.8) is 0 Å². The zero-order valence-electron chi connectivity index (χ0n) is 15.8. The minimum absolute atomic E-state index is 0.0230. The van der Waals surface area contributed by atoms with Crippen LogP contribution in [0.1, 0.15) is 24.5 Å². The van der Waals surface area contributed by atoms with Gasteiger partial charge in [-0.3, -0.25) is 9.59 Å². The average molecular weight is 407 g/mol. The van der Waals surface area contributed by atoms with E-state index < -0.39 is 12.1 Å². The summed E-state index contributed by atoms with van der Waals surface area (Å²) >= 11 is 0. The lowest BCUT2D eigenvalue weighted by molar-refractivity contribution is -0.167. The van der Waals surface area contributed by atoms with Crippen LogP contribution in [-0.4, -0.2) is 30.8 Å². The van der Waals surface area contributed by atoms with E-state index in [1.807, 2.05) is 12.1 Å². The van der Waals surface area contributed by atoms with Crippen molar-refractivity contribution in [2.45, 2.75) is 25.9 Å². The minimum atomic E-state index is -4.98. The van der Waals surface area contributed by atoms with E-state index >= 15 is 0 Å². The fourth-order valence-corrected chi connectivity index (χ4v) is 2.34. The van der Waals surface area contributed by atoms with Crippen LogP contribution in [-0.2, 0) is 16.0 Å². The van der Waals surface area contributed by atoms with Crippen LogP contribution in [0.15, 0.2) is 53.6 Å². The molecule has 0 saturated carbocycles. The Morgan fingerprint density at radius 1 is 1.10 bits per heavy atom. The molecule has 0 radical (unpaired) electrons. The summed E-state index contributed by atoms with van der Waals surface area (Å²) in [6.45, 7) is 1.59. The van der Waals surface area contributed by atoms with Crippen molar-refractivity contribution in [1.82, 2.24) is 5.43 Å². The summed E-state index contributed by atoms with van der Waals surface area (Å²) in [5, 5.41) is 5.74. The first-order chi connectivity index (χ1) is 13.7.